The second-order valence-electron chi connectivity index (χ2n) is 2.06. The monoisotopic (exact) mass is 149 g/mol. The molecule has 0 aliphatic carbocycles. The minimum atomic E-state index is 0.299. The molecule has 0 amide bonds. The molecule has 0 saturated heterocycles. The van der Waals surface area contributed by atoms with E-state index in [1.807, 2.05) is 0 Å². The van der Waals surface area contributed by atoms with Gasteiger partial charge < -0.3 is 4.42 Å². The van der Waals surface area contributed by atoms with Gasteiger partial charge in [-0.25, -0.2) is 4.79 Å². The number of aliphatic imine (C=N–C) groups is 1. The van der Waals surface area contributed by atoms with Gasteiger partial charge in [0.15, 0.2) is 5.76 Å². The van der Waals surface area contributed by atoms with Crippen LogP contribution in [0.3, 0.4) is 0 Å². The Kier molecular flexibility index (Phi) is 2.04. The topological polar surface area (TPSA) is 42.6 Å². The van der Waals surface area contributed by atoms with Crippen molar-refractivity contribution in [3.63, 3.8) is 0 Å². The van der Waals surface area contributed by atoms with Crippen LogP contribution in [0.4, 0.5) is 0 Å². The molecule has 0 bridgehead atoms. The van der Waals surface area contributed by atoms with Crippen molar-refractivity contribution in [2.45, 2.75) is 6.92 Å². The van der Waals surface area contributed by atoms with Gasteiger partial charge in [0.2, 0.25) is 6.08 Å². The third kappa shape index (κ3) is 1.66. The summed E-state index contributed by atoms with van der Waals surface area (Å²) in [5, 5.41) is 0. The van der Waals surface area contributed by atoms with Crippen LogP contribution in [0.2, 0.25) is 0 Å². The highest BCUT2D eigenvalue weighted by atomic mass is 16.3. The molecule has 1 heterocycles. The van der Waals surface area contributed by atoms with Crippen molar-refractivity contribution in [1.29, 1.82) is 0 Å². The largest absolute Gasteiger partial charge is 0.460 e. The fourth-order valence-corrected chi connectivity index (χ4v) is 0.700. The van der Waals surface area contributed by atoms with Crippen LogP contribution in [-0.4, -0.2) is 6.08 Å². The Labute approximate surface area is 64.1 Å². The molecule has 0 aliphatic heterocycles. The quantitative estimate of drug-likeness (QED) is 0.476. The Hall–Kier alpha value is -1.60. The molecule has 1 rings (SSSR count). The predicted octanol–water partition coefficient (Wildman–Crippen LogP) is 1.89. The molecule has 0 atom stereocenters. The molecule has 3 nitrogen and oxygen atoms in total. The average Bonchev–Trinajstić information content (AvgIpc) is 2.36. The van der Waals surface area contributed by atoms with Crippen LogP contribution in [0.15, 0.2) is 28.1 Å². The molecule has 0 fully saturated rings. The normalized spacial score (nSPS) is 8.82. The van der Waals surface area contributed by atoms with E-state index in [0.717, 1.165) is 5.76 Å². The molecular weight excluding hydrogens is 142 g/mol. The Morgan fingerprint density at radius 3 is 2.91 bits per heavy atom. The summed E-state index contributed by atoms with van der Waals surface area (Å²) in [5.74, 6) is 1.27. The molecular formula is C8H7NO2. The summed E-state index contributed by atoms with van der Waals surface area (Å²) in [6.45, 7) is 5.31. The minimum absolute atomic E-state index is 0.299. The smallest absolute Gasteiger partial charge is 0.240 e. The Morgan fingerprint density at radius 1 is 1.73 bits per heavy atom. The van der Waals surface area contributed by atoms with Gasteiger partial charge in [0, 0.05) is 0 Å². The van der Waals surface area contributed by atoms with Crippen LogP contribution in [0.5, 0.6) is 0 Å². The number of isocyanates is 1. The molecule has 11 heavy (non-hydrogen) atoms. The van der Waals surface area contributed by atoms with Crippen molar-refractivity contribution in [2.75, 3.05) is 0 Å². The molecule has 1 aromatic heterocycles. The molecule has 0 N–H and O–H groups in total. The van der Waals surface area contributed by atoms with Gasteiger partial charge in [-0.2, -0.15) is 4.99 Å². The average molecular weight is 149 g/mol. The summed E-state index contributed by atoms with van der Waals surface area (Å²) in [6.07, 6.45) is 1.39. The fourth-order valence-electron chi connectivity index (χ4n) is 0.700. The van der Waals surface area contributed by atoms with E-state index in [4.69, 9.17) is 4.42 Å². The summed E-state index contributed by atoms with van der Waals surface area (Å²) in [7, 11) is 0. The SMILES string of the molecule is C=C(N=C=O)c1ccc(C)o1. The van der Waals surface area contributed by atoms with Crippen LogP contribution < -0.4 is 0 Å². The van der Waals surface area contributed by atoms with Gasteiger partial charge in [-0.1, -0.05) is 6.58 Å². The minimum Gasteiger partial charge on any atom is -0.460 e. The van der Waals surface area contributed by atoms with E-state index < -0.39 is 0 Å². The van der Waals surface area contributed by atoms with Crippen LogP contribution in [0.1, 0.15) is 11.5 Å². The van der Waals surface area contributed by atoms with Crippen molar-refractivity contribution in [1.82, 2.24) is 0 Å². The lowest BCUT2D eigenvalue weighted by atomic mass is 10.4. The summed E-state index contributed by atoms with van der Waals surface area (Å²) >= 11 is 0. The van der Waals surface area contributed by atoms with E-state index >= 15 is 0 Å². The first kappa shape index (κ1) is 7.51. The first-order valence-corrected chi connectivity index (χ1v) is 3.07. The highest BCUT2D eigenvalue weighted by Crippen LogP contribution is 2.15. The van der Waals surface area contributed by atoms with Crippen molar-refractivity contribution in [2.24, 2.45) is 4.99 Å². The Morgan fingerprint density at radius 2 is 2.45 bits per heavy atom. The van der Waals surface area contributed by atoms with E-state index in [9.17, 15) is 4.79 Å². The van der Waals surface area contributed by atoms with Crippen LogP contribution in [0.25, 0.3) is 5.70 Å². The second kappa shape index (κ2) is 2.99. The van der Waals surface area contributed by atoms with Crippen molar-refractivity contribution in [3.8, 4) is 0 Å². The molecule has 1 aromatic rings. The molecule has 0 aromatic carbocycles. The third-order valence-electron chi connectivity index (χ3n) is 1.21. The molecule has 0 saturated carbocycles. The first-order chi connectivity index (χ1) is 5.24. The number of rotatable bonds is 2. The molecule has 0 aliphatic rings. The van der Waals surface area contributed by atoms with Gasteiger partial charge in [-0.15, -0.1) is 0 Å². The molecule has 0 spiro atoms. The maximum absolute atomic E-state index is 9.80. The van der Waals surface area contributed by atoms with Crippen LogP contribution in [0, 0.1) is 6.92 Å². The number of nitrogens with zero attached hydrogens (tertiary/aromatic N) is 1. The summed E-state index contributed by atoms with van der Waals surface area (Å²) in [6, 6.07) is 3.49. The number of carbonyl (C=O) groups excluding carboxylic acids is 1. The van der Waals surface area contributed by atoms with Crippen molar-refractivity contribution < 1.29 is 9.21 Å². The van der Waals surface area contributed by atoms with E-state index in [1.165, 1.54) is 6.08 Å². The van der Waals surface area contributed by atoms with Gasteiger partial charge in [-0.05, 0) is 19.1 Å². The lowest BCUT2D eigenvalue weighted by Gasteiger charge is -1.88. The van der Waals surface area contributed by atoms with Gasteiger partial charge >= 0.3 is 0 Å². The number of furan rings is 1. The van der Waals surface area contributed by atoms with Crippen LogP contribution >= 0.6 is 0 Å². The van der Waals surface area contributed by atoms with E-state index in [1.54, 1.807) is 19.1 Å². The highest BCUT2D eigenvalue weighted by Gasteiger charge is 2.00. The maximum Gasteiger partial charge on any atom is 0.240 e. The zero-order valence-electron chi connectivity index (χ0n) is 6.13. The standard InChI is InChI=1S/C8H7NO2/c1-6-3-4-8(11-6)7(2)9-5-10/h3-4H,2H2,1H3. The fraction of sp³-hybridized carbons (Fsp3) is 0.125. The van der Waals surface area contributed by atoms with E-state index in [-0.39, 0.29) is 0 Å². The van der Waals surface area contributed by atoms with E-state index in [2.05, 4.69) is 11.6 Å². The predicted molar refractivity (Wildman–Crippen MR) is 40.6 cm³/mol. The summed E-state index contributed by atoms with van der Waals surface area (Å²) in [4.78, 5) is 13.1. The molecule has 0 unspecified atom stereocenters. The second-order valence-corrected chi connectivity index (χ2v) is 2.06. The number of hydrogen-bond acceptors (Lipinski definition) is 3. The zero-order chi connectivity index (χ0) is 8.27. The summed E-state index contributed by atoms with van der Waals surface area (Å²) in [5.41, 5.74) is 0.299. The van der Waals surface area contributed by atoms with Crippen LogP contribution in [-0.2, 0) is 4.79 Å². The lowest BCUT2D eigenvalue weighted by molar-refractivity contribution is 0.520. The zero-order valence-corrected chi connectivity index (χ0v) is 6.13. The lowest BCUT2D eigenvalue weighted by Crippen LogP contribution is -1.71. The van der Waals surface area contributed by atoms with Gasteiger partial charge in [-0.3, -0.25) is 0 Å². The summed E-state index contributed by atoms with van der Waals surface area (Å²) < 4.78 is 5.13. The number of hydrogen-bond donors (Lipinski definition) is 0. The van der Waals surface area contributed by atoms with Crippen molar-refractivity contribution >= 4 is 11.8 Å². The molecule has 3 heteroatoms. The van der Waals surface area contributed by atoms with Crippen molar-refractivity contribution in [3.05, 3.63) is 30.2 Å². The van der Waals surface area contributed by atoms with Gasteiger partial charge in [0.05, 0.1) is 0 Å². The van der Waals surface area contributed by atoms with E-state index in [0.29, 0.717) is 11.5 Å². The Bertz CT molecular complexity index is 319. The third-order valence-corrected chi connectivity index (χ3v) is 1.21. The Balaban J connectivity index is 2.93. The maximum atomic E-state index is 9.80. The van der Waals surface area contributed by atoms with Gasteiger partial charge in [0.1, 0.15) is 11.5 Å². The number of aryl methyl sites for hydroxylation is 1. The van der Waals surface area contributed by atoms with Gasteiger partial charge in [0.25, 0.3) is 0 Å². The molecule has 56 valence electrons. The first-order valence-electron chi connectivity index (χ1n) is 3.07. The highest BCUT2D eigenvalue weighted by molar-refractivity contribution is 5.63. The molecule has 0 radical (unpaired) electrons.